The van der Waals surface area contributed by atoms with Crippen molar-refractivity contribution in [3.8, 4) is 11.8 Å². The summed E-state index contributed by atoms with van der Waals surface area (Å²) in [5.41, 5.74) is 2.85. The van der Waals surface area contributed by atoms with Gasteiger partial charge in [0, 0.05) is 50.1 Å². The van der Waals surface area contributed by atoms with Crippen molar-refractivity contribution in [3.63, 3.8) is 0 Å². The van der Waals surface area contributed by atoms with Gasteiger partial charge in [-0.2, -0.15) is 10.3 Å². The summed E-state index contributed by atoms with van der Waals surface area (Å²) in [6, 6.07) is 28.1. The van der Waals surface area contributed by atoms with Crippen LogP contribution in [-0.4, -0.2) is 53.0 Å². The number of carbonyl (C=O) groups is 1. The zero-order valence-electron chi connectivity index (χ0n) is 23.3. The van der Waals surface area contributed by atoms with Gasteiger partial charge in [0.1, 0.15) is 23.7 Å². The van der Waals surface area contributed by atoms with E-state index in [9.17, 15) is 10.1 Å². The highest BCUT2D eigenvalue weighted by atomic mass is 35.5. The van der Waals surface area contributed by atoms with Crippen molar-refractivity contribution >= 4 is 41.4 Å². The molecule has 2 amide bonds. The maximum absolute atomic E-state index is 13.0. The molecule has 0 aliphatic carbocycles. The SMILES string of the molecule is CN(c1c(C#N)c(=NC(=O)Nc2ccccc2)n(C)c(=S)n1-c1ccccc1)C1CN(Cc2ccc(Cl)cc2)CCO1. The van der Waals surface area contributed by atoms with Crippen molar-refractivity contribution in [1.82, 2.24) is 14.0 Å². The Kier molecular flexibility index (Phi) is 9.15. The van der Waals surface area contributed by atoms with Crippen LogP contribution in [0.5, 0.6) is 0 Å². The Bertz CT molecular complexity index is 1730. The highest BCUT2D eigenvalue weighted by molar-refractivity contribution is 7.71. The van der Waals surface area contributed by atoms with E-state index in [1.54, 1.807) is 23.7 Å². The molecular weight excluding hydrogens is 570 g/mol. The van der Waals surface area contributed by atoms with Gasteiger partial charge in [-0.1, -0.05) is 60.1 Å². The second-order valence-electron chi connectivity index (χ2n) is 9.85. The number of para-hydroxylation sites is 2. The minimum Gasteiger partial charge on any atom is -0.356 e. The summed E-state index contributed by atoms with van der Waals surface area (Å²) in [5, 5.41) is 14.0. The normalized spacial score (nSPS) is 15.7. The number of hydrogen-bond acceptors (Lipinski definition) is 6. The Labute approximate surface area is 254 Å². The van der Waals surface area contributed by atoms with Gasteiger partial charge >= 0.3 is 6.03 Å². The molecule has 0 spiro atoms. The molecule has 1 fully saturated rings. The van der Waals surface area contributed by atoms with E-state index in [1.165, 1.54) is 0 Å². The number of nitriles is 1. The average molecular weight is 600 g/mol. The van der Waals surface area contributed by atoms with Gasteiger partial charge in [0.2, 0.25) is 0 Å². The van der Waals surface area contributed by atoms with E-state index >= 15 is 0 Å². The van der Waals surface area contributed by atoms with Crippen LogP contribution in [0.25, 0.3) is 5.69 Å². The van der Waals surface area contributed by atoms with Crippen LogP contribution in [0, 0.1) is 16.1 Å². The number of hydrogen-bond donors (Lipinski definition) is 1. The minimum atomic E-state index is -0.614. The van der Waals surface area contributed by atoms with Crippen molar-refractivity contribution in [2.24, 2.45) is 12.0 Å². The fraction of sp³-hybridized carbons (Fsp3) is 0.226. The Balaban J connectivity index is 1.58. The van der Waals surface area contributed by atoms with E-state index in [1.807, 2.05) is 89.3 Å². The fourth-order valence-electron chi connectivity index (χ4n) is 4.90. The lowest BCUT2D eigenvalue weighted by molar-refractivity contribution is -0.0303. The van der Waals surface area contributed by atoms with Crippen LogP contribution in [0.1, 0.15) is 11.1 Å². The van der Waals surface area contributed by atoms with Crippen LogP contribution in [0.4, 0.5) is 16.3 Å². The number of anilines is 2. The van der Waals surface area contributed by atoms with Crippen molar-refractivity contribution in [2.45, 2.75) is 12.8 Å². The number of morpholine rings is 1. The van der Waals surface area contributed by atoms with Gasteiger partial charge in [-0.25, -0.2) is 4.79 Å². The first-order valence-corrected chi connectivity index (χ1v) is 14.2. The predicted molar refractivity (Wildman–Crippen MR) is 166 cm³/mol. The molecular formula is C31H30ClN7O2S. The van der Waals surface area contributed by atoms with E-state index < -0.39 is 12.3 Å². The summed E-state index contributed by atoms with van der Waals surface area (Å²) < 4.78 is 10.00. The van der Waals surface area contributed by atoms with Crippen molar-refractivity contribution in [2.75, 3.05) is 37.0 Å². The minimum absolute atomic E-state index is 0.152. The standard InChI is InChI=1S/C31H30ClN7O2S/c1-36(27-21-38(17-18-41-27)20-22-13-15-23(32)16-14-22)29-26(19-33)28(35-30(40)34-24-9-5-3-6-10-24)37(2)31(42)39(29)25-11-7-4-8-12-25/h3-16,27H,17-18,20-21H2,1-2H3,(H,34,40). The summed E-state index contributed by atoms with van der Waals surface area (Å²) in [5.74, 6) is 0.483. The molecule has 5 rings (SSSR count). The van der Waals surface area contributed by atoms with Crippen molar-refractivity contribution < 1.29 is 9.53 Å². The fourth-order valence-corrected chi connectivity index (χ4v) is 5.30. The molecule has 4 aromatic rings. The van der Waals surface area contributed by atoms with Gasteiger partial charge < -0.3 is 19.5 Å². The number of aromatic nitrogens is 2. The number of nitrogens with one attached hydrogen (secondary N) is 1. The molecule has 1 aliphatic rings. The number of likely N-dealkylation sites (N-methyl/N-ethyl adjacent to an activating group) is 1. The van der Waals surface area contributed by atoms with Crippen LogP contribution in [0.3, 0.4) is 0 Å². The van der Waals surface area contributed by atoms with Gasteiger partial charge in [-0.3, -0.25) is 9.47 Å². The number of halogens is 1. The highest BCUT2D eigenvalue weighted by Crippen LogP contribution is 2.26. The monoisotopic (exact) mass is 599 g/mol. The second-order valence-corrected chi connectivity index (χ2v) is 10.7. The zero-order chi connectivity index (χ0) is 29.6. The van der Waals surface area contributed by atoms with Crippen LogP contribution < -0.4 is 15.7 Å². The Hall–Kier alpha value is -4.27. The number of nitrogens with zero attached hydrogens (tertiary/aromatic N) is 6. The summed E-state index contributed by atoms with van der Waals surface area (Å²) in [6.07, 6.45) is -0.402. The number of amides is 2. The summed E-state index contributed by atoms with van der Waals surface area (Å²) in [7, 11) is 3.57. The molecule has 3 aromatic carbocycles. The zero-order valence-corrected chi connectivity index (χ0v) is 24.8. The third-order valence-corrected chi connectivity index (χ3v) is 7.74. The molecule has 1 unspecified atom stereocenters. The molecule has 0 bridgehead atoms. The highest BCUT2D eigenvalue weighted by Gasteiger charge is 2.29. The first kappa shape index (κ1) is 29.2. The number of urea groups is 1. The second kappa shape index (κ2) is 13.1. The van der Waals surface area contributed by atoms with Crippen LogP contribution >= 0.6 is 23.8 Å². The Morgan fingerprint density at radius 1 is 1.12 bits per heavy atom. The van der Waals surface area contributed by atoms with Crippen molar-refractivity contribution in [1.29, 1.82) is 5.26 Å². The molecule has 0 radical (unpaired) electrons. The first-order chi connectivity index (χ1) is 20.4. The molecule has 1 saturated heterocycles. The Morgan fingerprint density at radius 2 is 1.79 bits per heavy atom. The molecule has 1 aliphatic heterocycles. The molecule has 11 heteroatoms. The van der Waals surface area contributed by atoms with E-state index in [2.05, 4.69) is 21.3 Å². The lowest BCUT2D eigenvalue weighted by Gasteiger charge is -2.39. The molecule has 1 atom stereocenters. The lowest BCUT2D eigenvalue weighted by atomic mass is 10.2. The van der Waals surface area contributed by atoms with Crippen molar-refractivity contribution in [3.05, 3.63) is 111 Å². The third-order valence-electron chi connectivity index (χ3n) is 7.03. The smallest absolute Gasteiger partial charge is 0.347 e. The van der Waals surface area contributed by atoms with E-state index in [-0.39, 0.29) is 11.1 Å². The summed E-state index contributed by atoms with van der Waals surface area (Å²) in [4.78, 5) is 21.5. The molecule has 9 nitrogen and oxygen atoms in total. The molecule has 1 N–H and O–H groups in total. The molecule has 42 heavy (non-hydrogen) atoms. The van der Waals surface area contributed by atoms with Crippen LogP contribution in [-0.2, 0) is 18.3 Å². The molecule has 2 heterocycles. The summed E-state index contributed by atoms with van der Waals surface area (Å²) in [6.45, 7) is 2.57. The summed E-state index contributed by atoms with van der Waals surface area (Å²) >= 11 is 12.0. The number of carbonyl (C=O) groups excluding carboxylic acids is 1. The quantitative estimate of drug-likeness (QED) is 0.295. The average Bonchev–Trinajstić information content (AvgIpc) is 3.01. The number of benzene rings is 3. The number of rotatable bonds is 6. The lowest BCUT2D eigenvalue weighted by Crippen LogP contribution is -2.51. The predicted octanol–water partition coefficient (Wildman–Crippen LogP) is 5.50. The van der Waals surface area contributed by atoms with Crippen LogP contribution in [0.15, 0.2) is 89.9 Å². The van der Waals surface area contributed by atoms with Gasteiger partial charge in [0.05, 0.1) is 6.61 Å². The molecule has 214 valence electrons. The topological polar surface area (TPSA) is 90.8 Å². The van der Waals surface area contributed by atoms with Gasteiger partial charge in [-0.15, -0.1) is 0 Å². The maximum Gasteiger partial charge on any atom is 0.347 e. The Morgan fingerprint density at radius 3 is 2.45 bits per heavy atom. The van der Waals surface area contributed by atoms with E-state index in [4.69, 9.17) is 28.6 Å². The van der Waals surface area contributed by atoms with Crippen LogP contribution in [0.2, 0.25) is 5.02 Å². The largest absolute Gasteiger partial charge is 0.356 e. The maximum atomic E-state index is 13.0. The van der Waals surface area contributed by atoms with E-state index in [0.717, 1.165) is 24.3 Å². The first-order valence-electron chi connectivity index (χ1n) is 13.4. The van der Waals surface area contributed by atoms with Gasteiger partial charge in [-0.05, 0) is 54.2 Å². The van der Waals surface area contributed by atoms with Gasteiger partial charge in [0.25, 0.3) is 0 Å². The third kappa shape index (κ3) is 6.45. The van der Waals surface area contributed by atoms with E-state index in [0.29, 0.717) is 34.5 Å². The number of ether oxygens (including phenoxy) is 1. The van der Waals surface area contributed by atoms with Gasteiger partial charge in [0.15, 0.2) is 10.3 Å². The molecule has 0 saturated carbocycles. The molecule has 1 aromatic heterocycles.